The van der Waals surface area contributed by atoms with Crippen molar-refractivity contribution >= 4 is 5.78 Å². The summed E-state index contributed by atoms with van der Waals surface area (Å²) in [5.41, 5.74) is -0.399. The molecule has 0 bridgehead atoms. The Morgan fingerprint density at radius 1 is 1.46 bits per heavy atom. The summed E-state index contributed by atoms with van der Waals surface area (Å²) in [6, 6.07) is 0. The van der Waals surface area contributed by atoms with Crippen LogP contribution in [-0.2, 0) is 4.79 Å². The van der Waals surface area contributed by atoms with Crippen LogP contribution in [0.4, 0.5) is 0 Å². The highest BCUT2D eigenvalue weighted by atomic mass is 16.1. The van der Waals surface area contributed by atoms with Crippen LogP contribution in [0.1, 0.15) is 40.5 Å². The molecular weight excluding hydrogens is 162 g/mol. The van der Waals surface area contributed by atoms with Gasteiger partial charge in [-0.05, 0) is 27.3 Å². The van der Waals surface area contributed by atoms with Crippen molar-refractivity contribution in [2.75, 3.05) is 6.54 Å². The predicted molar refractivity (Wildman–Crippen MR) is 55.4 cm³/mol. The number of rotatable bonds is 5. The topological polar surface area (TPSA) is 29.1 Å². The normalized spacial score (nSPS) is 10.5. The Bertz CT molecular complexity index is 220. The van der Waals surface area contributed by atoms with E-state index in [1.165, 1.54) is 0 Å². The number of Topliss-reactive ketones (excluding diaryl/α,β-unsaturated/α-hetero) is 1. The van der Waals surface area contributed by atoms with Crippen molar-refractivity contribution in [1.82, 2.24) is 5.32 Å². The highest BCUT2D eigenvalue weighted by Crippen LogP contribution is 2.07. The molecule has 74 valence electrons. The lowest BCUT2D eigenvalue weighted by molar-refractivity contribution is -0.124. The largest absolute Gasteiger partial charge is 0.306 e. The molecule has 0 atom stereocenters. The van der Waals surface area contributed by atoms with Crippen LogP contribution in [0.5, 0.6) is 0 Å². The molecule has 0 aliphatic carbocycles. The van der Waals surface area contributed by atoms with E-state index in [4.69, 9.17) is 0 Å². The first-order valence-electron chi connectivity index (χ1n) is 4.72. The van der Waals surface area contributed by atoms with Crippen LogP contribution >= 0.6 is 0 Å². The van der Waals surface area contributed by atoms with E-state index in [1.807, 2.05) is 20.8 Å². The van der Waals surface area contributed by atoms with Crippen LogP contribution in [-0.4, -0.2) is 17.9 Å². The Balaban J connectivity index is 3.98. The minimum Gasteiger partial charge on any atom is -0.306 e. The minimum absolute atomic E-state index is 0.233. The molecule has 0 aliphatic heterocycles. The summed E-state index contributed by atoms with van der Waals surface area (Å²) in [4.78, 5) is 11.6. The third-order valence-electron chi connectivity index (χ3n) is 1.97. The second-order valence-electron chi connectivity index (χ2n) is 3.51. The molecule has 2 heteroatoms. The maximum absolute atomic E-state index is 11.6. The molecule has 1 N–H and O–H groups in total. The summed E-state index contributed by atoms with van der Waals surface area (Å²) in [6.07, 6.45) is 1.21. The van der Waals surface area contributed by atoms with Gasteiger partial charge in [0.05, 0.1) is 5.54 Å². The lowest BCUT2D eigenvalue weighted by Gasteiger charge is -2.23. The number of nitrogens with one attached hydrogen (secondary N) is 1. The molecule has 0 spiro atoms. The Morgan fingerprint density at radius 3 is 2.54 bits per heavy atom. The Kier molecular flexibility index (Phi) is 5.41. The molecule has 0 fully saturated rings. The number of hydrogen-bond donors (Lipinski definition) is 1. The summed E-state index contributed by atoms with van der Waals surface area (Å²) in [5, 5.41) is 3.15. The molecule has 0 radical (unpaired) electrons. The van der Waals surface area contributed by atoms with Crippen LogP contribution in [0.15, 0.2) is 0 Å². The van der Waals surface area contributed by atoms with Crippen molar-refractivity contribution in [3.8, 4) is 11.8 Å². The molecule has 0 aromatic carbocycles. The van der Waals surface area contributed by atoms with Crippen LogP contribution < -0.4 is 5.32 Å². The average Bonchev–Trinajstić information content (AvgIpc) is 2.04. The van der Waals surface area contributed by atoms with Crippen LogP contribution in [0.2, 0.25) is 0 Å². The standard InChI is InChI=1S/C11H19NO/c1-5-7-8-9-10(13)11(3,4)12-6-2/h12H,6,8-9H2,1-4H3. The van der Waals surface area contributed by atoms with Gasteiger partial charge in [-0.2, -0.15) is 0 Å². The first-order chi connectivity index (χ1) is 6.04. The summed E-state index contributed by atoms with van der Waals surface area (Å²) in [6.45, 7) is 8.44. The van der Waals surface area contributed by atoms with Gasteiger partial charge in [0.1, 0.15) is 0 Å². The van der Waals surface area contributed by atoms with E-state index in [-0.39, 0.29) is 5.78 Å². The number of ketones is 1. The van der Waals surface area contributed by atoms with Crippen LogP contribution in [0.25, 0.3) is 0 Å². The first-order valence-corrected chi connectivity index (χ1v) is 4.72. The summed E-state index contributed by atoms with van der Waals surface area (Å²) in [7, 11) is 0. The van der Waals surface area contributed by atoms with E-state index in [0.29, 0.717) is 12.8 Å². The molecule has 0 aromatic heterocycles. The van der Waals surface area contributed by atoms with Gasteiger partial charge >= 0.3 is 0 Å². The van der Waals surface area contributed by atoms with Crippen LogP contribution in [0.3, 0.4) is 0 Å². The molecular formula is C11H19NO. The fraction of sp³-hybridized carbons (Fsp3) is 0.727. The van der Waals surface area contributed by atoms with Gasteiger partial charge in [0.25, 0.3) is 0 Å². The van der Waals surface area contributed by atoms with E-state index in [1.54, 1.807) is 6.92 Å². The van der Waals surface area contributed by atoms with Crippen molar-refractivity contribution in [3.05, 3.63) is 0 Å². The Labute approximate surface area is 81.1 Å². The molecule has 0 saturated carbocycles. The van der Waals surface area contributed by atoms with E-state index in [2.05, 4.69) is 17.2 Å². The molecule has 0 heterocycles. The zero-order valence-corrected chi connectivity index (χ0v) is 9.03. The van der Waals surface area contributed by atoms with Gasteiger partial charge in [-0.25, -0.2) is 0 Å². The number of carbonyl (C=O) groups excluding carboxylic acids is 1. The zero-order chi connectivity index (χ0) is 10.3. The van der Waals surface area contributed by atoms with E-state index < -0.39 is 5.54 Å². The number of carbonyl (C=O) groups is 1. The molecule has 0 unspecified atom stereocenters. The van der Waals surface area contributed by atoms with E-state index in [9.17, 15) is 4.79 Å². The smallest absolute Gasteiger partial charge is 0.153 e. The third kappa shape index (κ3) is 4.69. The summed E-state index contributed by atoms with van der Waals surface area (Å²) >= 11 is 0. The van der Waals surface area contributed by atoms with Crippen molar-refractivity contribution < 1.29 is 4.79 Å². The number of hydrogen-bond acceptors (Lipinski definition) is 2. The van der Waals surface area contributed by atoms with E-state index >= 15 is 0 Å². The number of likely N-dealkylation sites (N-methyl/N-ethyl adjacent to an activating group) is 1. The first kappa shape index (κ1) is 12.2. The van der Waals surface area contributed by atoms with Crippen molar-refractivity contribution in [1.29, 1.82) is 0 Å². The van der Waals surface area contributed by atoms with Gasteiger partial charge in [-0.3, -0.25) is 4.79 Å². The average molecular weight is 181 g/mol. The highest BCUT2D eigenvalue weighted by Gasteiger charge is 2.24. The Hall–Kier alpha value is -0.810. The molecule has 13 heavy (non-hydrogen) atoms. The molecule has 0 saturated heterocycles. The van der Waals surface area contributed by atoms with Gasteiger partial charge in [0.15, 0.2) is 5.78 Å². The zero-order valence-electron chi connectivity index (χ0n) is 9.03. The fourth-order valence-electron chi connectivity index (χ4n) is 1.15. The molecule has 2 nitrogen and oxygen atoms in total. The SMILES string of the molecule is CC#CCCC(=O)C(C)(C)NCC. The lowest BCUT2D eigenvalue weighted by Crippen LogP contribution is -2.46. The summed E-state index contributed by atoms with van der Waals surface area (Å²) in [5.74, 6) is 5.91. The fourth-order valence-corrected chi connectivity index (χ4v) is 1.15. The summed E-state index contributed by atoms with van der Waals surface area (Å²) < 4.78 is 0. The maximum Gasteiger partial charge on any atom is 0.153 e. The van der Waals surface area contributed by atoms with Crippen LogP contribution in [0, 0.1) is 11.8 Å². The molecule has 0 rings (SSSR count). The molecule has 0 aliphatic rings. The highest BCUT2D eigenvalue weighted by molar-refractivity contribution is 5.87. The van der Waals surface area contributed by atoms with E-state index in [0.717, 1.165) is 6.54 Å². The predicted octanol–water partition coefficient (Wildman–Crippen LogP) is 1.75. The van der Waals surface area contributed by atoms with Crippen molar-refractivity contribution in [2.45, 2.75) is 46.1 Å². The van der Waals surface area contributed by atoms with Crippen molar-refractivity contribution in [2.24, 2.45) is 0 Å². The maximum atomic E-state index is 11.6. The minimum atomic E-state index is -0.399. The van der Waals surface area contributed by atoms with Gasteiger partial charge in [-0.15, -0.1) is 11.8 Å². The third-order valence-corrected chi connectivity index (χ3v) is 1.97. The quantitative estimate of drug-likeness (QED) is 0.655. The molecule has 0 aromatic rings. The second-order valence-corrected chi connectivity index (χ2v) is 3.51. The second kappa shape index (κ2) is 5.77. The van der Waals surface area contributed by atoms with Gasteiger partial charge < -0.3 is 5.32 Å². The molecule has 0 amide bonds. The van der Waals surface area contributed by atoms with Crippen molar-refractivity contribution in [3.63, 3.8) is 0 Å². The van der Waals surface area contributed by atoms with Gasteiger partial charge in [0.2, 0.25) is 0 Å². The monoisotopic (exact) mass is 181 g/mol. The lowest BCUT2D eigenvalue weighted by atomic mass is 9.95. The van der Waals surface area contributed by atoms with Gasteiger partial charge in [-0.1, -0.05) is 6.92 Å². The van der Waals surface area contributed by atoms with Gasteiger partial charge in [0, 0.05) is 12.8 Å². The Morgan fingerprint density at radius 2 is 2.08 bits per heavy atom.